The largest absolute Gasteiger partial charge is 1.00 e. The van der Waals surface area contributed by atoms with Crippen LogP contribution in [0.3, 0.4) is 0 Å². The summed E-state index contributed by atoms with van der Waals surface area (Å²) >= 11 is 0. The number of anilines is 2. The predicted molar refractivity (Wildman–Crippen MR) is 129 cm³/mol. The van der Waals surface area contributed by atoms with Crippen molar-refractivity contribution in [3.8, 4) is 0 Å². The standard InChI is InChI=1S/C22H29N8O.2ClH/c1-3-29-17-8-7-15(6-5-10-23)12-18(17)30(4-2)19(29)13-28(14-31)22-20(24)27-21-16(26-22)9-11-25-21;;/h7-9,11-12,14H,3-6,10,13,23H2,1-2H3,(H3,24,25,27);2*1H/q+1;;/p-1. The Balaban J connectivity index is 0.00000193. The van der Waals surface area contributed by atoms with Gasteiger partial charge in [0.1, 0.15) is 12.1 Å². The molecule has 0 spiro atoms. The molecule has 0 bridgehead atoms. The van der Waals surface area contributed by atoms with Gasteiger partial charge in [-0.1, -0.05) is 6.07 Å². The van der Waals surface area contributed by atoms with Gasteiger partial charge in [0.15, 0.2) is 28.3 Å². The van der Waals surface area contributed by atoms with Crippen molar-refractivity contribution in [2.75, 3.05) is 17.2 Å². The monoisotopic (exact) mass is 492 g/mol. The van der Waals surface area contributed by atoms with Crippen LogP contribution in [-0.2, 0) is 30.8 Å². The summed E-state index contributed by atoms with van der Waals surface area (Å²) in [5.41, 5.74) is 16.7. The molecule has 0 aliphatic heterocycles. The number of aromatic amines is 1. The second-order valence-electron chi connectivity index (χ2n) is 7.50. The second kappa shape index (κ2) is 11.3. The molecule has 9 nitrogen and oxygen atoms in total. The molecule has 0 aliphatic carbocycles. The number of halogens is 2. The van der Waals surface area contributed by atoms with E-state index in [4.69, 9.17) is 11.5 Å². The zero-order chi connectivity index (χ0) is 22.0. The van der Waals surface area contributed by atoms with Crippen molar-refractivity contribution >= 4 is 52.7 Å². The minimum Gasteiger partial charge on any atom is -1.00 e. The van der Waals surface area contributed by atoms with Crippen LogP contribution < -0.4 is 33.3 Å². The molecule has 0 unspecified atom stereocenters. The lowest BCUT2D eigenvalue weighted by molar-refractivity contribution is -0.676. The Hall–Kier alpha value is -2.88. The number of carbonyl (C=O) groups excluding carboxylic acids is 1. The van der Waals surface area contributed by atoms with Gasteiger partial charge in [0, 0.05) is 6.20 Å². The third-order valence-corrected chi connectivity index (χ3v) is 5.65. The van der Waals surface area contributed by atoms with Crippen LogP contribution >= 0.6 is 12.4 Å². The highest BCUT2D eigenvalue weighted by molar-refractivity contribution is 5.85. The molecule has 1 amide bonds. The van der Waals surface area contributed by atoms with E-state index in [1.54, 1.807) is 6.20 Å². The molecule has 11 heteroatoms. The number of rotatable bonds is 9. The summed E-state index contributed by atoms with van der Waals surface area (Å²) in [4.78, 5) is 25.5. The average Bonchev–Trinajstić information content (AvgIpc) is 3.35. The second-order valence-corrected chi connectivity index (χ2v) is 7.50. The number of nitrogens with zero attached hydrogens (tertiary/aromatic N) is 5. The molecule has 5 N–H and O–H groups in total. The zero-order valence-electron chi connectivity index (χ0n) is 18.8. The van der Waals surface area contributed by atoms with E-state index in [0.29, 0.717) is 30.1 Å². The van der Waals surface area contributed by atoms with Crippen LogP contribution in [0.25, 0.3) is 22.2 Å². The molecule has 0 atom stereocenters. The Bertz CT molecular complexity index is 1240. The Morgan fingerprint density at radius 2 is 2.03 bits per heavy atom. The fraction of sp³-hybridized carbons (Fsp3) is 0.364. The SMILES string of the molecule is CCn1c(CN(C=O)c2nc3cc[nH]c3nc2N)[n+](CC)c2ccc(CCCN)cc21.Cl.[Cl-]. The van der Waals surface area contributed by atoms with Gasteiger partial charge in [-0.05, 0) is 57.0 Å². The van der Waals surface area contributed by atoms with Crippen molar-refractivity contribution in [2.45, 2.75) is 46.3 Å². The predicted octanol–water partition coefficient (Wildman–Crippen LogP) is -0.698. The summed E-state index contributed by atoms with van der Waals surface area (Å²) in [6.07, 6.45) is 4.42. The Morgan fingerprint density at radius 3 is 2.70 bits per heavy atom. The van der Waals surface area contributed by atoms with Gasteiger partial charge in [-0.25, -0.2) is 19.1 Å². The molecule has 4 rings (SSSR count). The van der Waals surface area contributed by atoms with Gasteiger partial charge >= 0.3 is 0 Å². The molecule has 0 radical (unpaired) electrons. The van der Waals surface area contributed by atoms with E-state index in [0.717, 1.165) is 49.2 Å². The van der Waals surface area contributed by atoms with E-state index in [2.05, 4.69) is 56.1 Å². The number of hydrogen-bond donors (Lipinski definition) is 3. The molecule has 3 aromatic heterocycles. The number of benzene rings is 1. The Morgan fingerprint density at radius 1 is 1.24 bits per heavy atom. The number of nitrogens with one attached hydrogen (secondary N) is 1. The number of imidazole rings is 1. The van der Waals surface area contributed by atoms with Gasteiger partial charge in [-0.15, -0.1) is 12.4 Å². The summed E-state index contributed by atoms with van der Waals surface area (Å²) in [5.74, 6) is 1.59. The number of hydrogen-bond acceptors (Lipinski definition) is 5. The van der Waals surface area contributed by atoms with Crippen molar-refractivity contribution in [3.63, 3.8) is 0 Å². The third-order valence-electron chi connectivity index (χ3n) is 5.65. The number of amides is 1. The molecule has 0 saturated carbocycles. The molecule has 3 heterocycles. The minimum atomic E-state index is 0. The number of carbonyl (C=O) groups is 1. The minimum absolute atomic E-state index is 0. The van der Waals surface area contributed by atoms with Crippen molar-refractivity contribution in [3.05, 3.63) is 41.9 Å². The van der Waals surface area contributed by atoms with Crippen LogP contribution in [-0.4, -0.2) is 32.5 Å². The van der Waals surface area contributed by atoms with Gasteiger partial charge in [0.2, 0.25) is 6.41 Å². The number of nitrogen functional groups attached to an aromatic ring is 1. The third kappa shape index (κ3) is 4.90. The molecular weight excluding hydrogens is 463 g/mol. The van der Waals surface area contributed by atoms with Crippen molar-refractivity contribution < 1.29 is 21.8 Å². The number of nitrogens with two attached hydrogens (primary N) is 2. The number of aromatic nitrogens is 5. The summed E-state index contributed by atoms with van der Waals surface area (Å²) in [6.45, 7) is 6.80. The van der Waals surface area contributed by atoms with Gasteiger partial charge < -0.3 is 28.9 Å². The maximum Gasteiger partial charge on any atom is 0.277 e. The summed E-state index contributed by atoms with van der Waals surface area (Å²) in [6, 6.07) is 8.36. The van der Waals surface area contributed by atoms with Crippen molar-refractivity contribution in [2.24, 2.45) is 5.73 Å². The lowest BCUT2D eigenvalue weighted by Gasteiger charge is -2.16. The molecule has 178 valence electrons. The Labute approximate surface area is 205 Å². The summed E-state index contributed by atoms with van der Waals surface area (Å²) in [5, 5.41) is 0. The van der Waals surface area contributed by atoms with Crippen LogP contribution in [0.1, 0.15) is 31.7 Å². The lowest BCUT2D eigenvalue weighted by Crippen LogP contribution is -3.00. The van der Waals surface area contributed by atoms with Crippen LogP contribution in [0.4, 0.5) is 11.6 Å². The van der Waals surface area contributed by atoms with E-state index >= 15 is 0 Å². The van der Waals surface area contributed by atoms with E-state index in [1.807, 2.05) is 6.07 Å². The van der Waals surface area contributed by atoms with Crippen LogP contribution in [0.15, 0.2) is 30.5 Å². The molecule has 0 fully saturated rings. The molecule has 0 aliphatic rings. The number of aryl methyl sites for hydroxylation is 3. The van der Waals surface area contributed by atoms with E-state index in [9.17, 15) is 4.79 Å². The van der Waals surface area contributed by atoms with Crippen LogP contribution in [0.5, 0.6) is 0 Å². The highest BCUT2D eigenvalue weighted by Crippen LogP contribution is 2.24. The first-order chi connectivity index (χ1) is 15.1. The van der Waals surface area contributed by atoms with Gasteiger partial charge in [-0.2, -0.15) is 0 Å². The zero-order valence-corrected chi connectivity index (χ0v) is 20.4. The van der Waals surface area contributed by atoms with Crippen molar-refractivity contribution in [1.82, 2.24) is 19.5 Å². The first-order valence-corrected chi connectivity index (χ1v) is 10.7. The van der Waals surface area contributed by atoms with Gasteiger partial charge in [-0.3, -0.25) is 9.69 Å². The lowest BCUT2D eigenvalue weighted by atomic mass is 10.1. The quantitative estimate of drug-likeness (QED) is 0.210. The fourth-order valence-electron chi connectivity index (χ4n) is 4.18. The first-order valence-electron chi connectivity index (χ1n) is 10.7. The maximum absolute atomic E-state index is 12.1. The smallest absolute Gasteiger partial charge is 0.277 e. The van der Waals surface area contributed by atoms with Gasteiger partial charge in [0.05, 0.1) is 13.1 Å². The van der Waals surface area contributed by atoms with E-state index in [-0.39, 0.29) is 30.6 Å². The topological polar surface area (TPSA) is 123 Å². The van der Waals surface area contributed by atoms with Gasteiger partial charge in [0.25, 0.3) is 5.82 Å². The number of fused-ring (bicyclic) bond motifs is 2. The summed E-state index contributed by atoms with van der Waals surface area (Å²) < 4.78 is 4.49. The highest BCUT2D eigenvalue weighted by atomic mass is 35.5. The fourth-order valence-corrected chi connectivity index (χ4v) is 4.18. The molecule has 33 heavy (non-hydrogen) atoms. The van der Waals surface area contributed by atoms with E-state index in [1.165, 1.54) is 10.5 Å². The summed E-state index contributed by atoms with van der Waals surface area (Å²) in [7, 11) is 0. The molecule has 4 aromatic rings. The highest BCUT2D eigenvalue weighted by Gasteiger charge is 2.27. The van der Waals surface area contributed by atoms with Crippen molar-refractivity contribution in [1.29, 1.82) is 0 Å². The molecular formula is C22H30Cl2N8O. The average molecular weight is 493 g/mol. The van der Waals surface area contributed by atoms with Crippen LogP contribution in [0.2, 0.25) is 0 Å². The number of H-pyrrole nitrogens is 1. The first kappa shape index (κ1) is 26.4. The van der Waals surface area contributed by atoms with E-state index < -0.39 is 0 Å². The molecule has 0 saturated heterocycles. The Kier molecular flexibility index (Phi) is 9.04. The van der Waals surface area contributed by atoms with Crippen LogP contribution in [0, 0.1) is 0 Å². The molecule has 1 aromatic carbocycles. The normalized spacial score (nSPS) is 10.8. The maximum atomic E-state index is 12.1.